The first-order valence-electron chi connectivity index (χ1n) is 6.81. The highest BCUT2D eigenvalue weighted by atomic mass is 79.9. The first kappa shape index (κ1) is 14.4. The van der Waals surface area contributed by atoms with E-state index in [0.717, 1.165) is 6.54 Å². The summed E-state index contributed by atoms with van der Waals surface area (Å²) in [5, 5.41) is 3.39. The van der Waals surface area contributed by atoms with Crippen molar-refractivity contribution in [3.05, 3.63) is 58.3 Å². The first-order valence-corrected chi connectivity index (χ1v) is 7.60. The Morgan fingerprint density at radius 1 is 1.26 bits per heavy atom. The molecule has 1 heterocycles. The molecule has 0 saturated carbocycles. The maximum atomic E-state index is 3.60. The molecule has 0 bridgehead atoms. The van der Waals surface area contributed by atoms with Gasteiger partial charge in [-0.2, -0.15) is 0 Å². The second-order valence-corrected chi connectivity index (χ2v) is 5.69. The summed E-state index contributed by atoms with van der Waals surface area (Å²) >= 11 is 3.60. The molecule has 0 saturated heterocycles. The number of hydrogen-bond acceptors (Lipinski definition) is 1. The van der Waals surface area contributed by atoms with Crippen LogP contribution in [-0.2, 0) is 6.54 Å². The largest absolute Gasteiger partial charge is 0.350 e. The van der Waals surface area contributed by atoms with Crippen molar-refractivity contribution in [1.82, 2.24) is 9.88 Å². The van der Waals surface area contributed by atoms with E-state index in [0.29, 0.717) is 6.04 Å². The number of rotatable bonds is 6. The van der Waals surface area contributed by atoms with Gasteiger partial charge in [-0.05, 0) is 36.7 Å². The number of nitrogens with one attached hydrogen (secondary N) is 1. The van der Waals surface area contributed by atoms with Gasteiger partial charge in [0.05, 0.1) is 0 Å². The van der Waals surface area contributed by atoms with Gasteiger partial charge in [-0.15, -0.1) is 0 Å². The molecule has 1 atom stereocenters. The lowest BCUT2D eigenvalue weighted by Gasteiger charge is -2.13. The molecule has 3 heteroatoms. The molecule has 2 rings (SSSR count). The minimum absolute atomic E-state index is 0.463. The van der Waals surface area contributed by atoms with Crippen molar-refractivity contribution in [2.75, 3.05) is 7.05 Å². The molecule has 2 aromatic rings. The smallest absolute Gasteiger partial charge is 0.0481 e. The Kier molecular flexibility index (Phi) is 5.23. The standard InChI is InChI=1S/C16H21BrN2/c1-3-6-16(18-2)14-9-10-19(12-14)11-13-7-4-5-8-15(13)17/h4-5,7-10,12,16,18H,3,6,11H2,1-2H3. The van der Waals surface area contributed by atoms with E-state index in [9.17, 15) is 0 Å². The Labute approximate surface area is 124 Å². The van der Waals surface area contributed by atoms with Gasteiger partial charge in [0, 0.05) is 29.5 Å². The highest BCUT2D eigenvalue weighted by Crippen LogP contribution is 2.21. The quantitative estimate of drug-likeness (QED) is 0.836. The Morgan fingerprint density at radius 2 is 2.05 bits per heavy atom. The topological polar surface area (TPSA) is 17.0 Å². The first-order chi connectivity index (χ1) is 9.24. The fraction of sp³-hybridized carbons (Fsp3) is 0.375. The van der Waals surface area contributed by atoms with Crippen LogP contribution >= 0.6 is 15.9 Å². The number of benzene rings is 1. The van der Waals surface area contributed by atoms with Gasteiger partial charge in [-0.3, -0.25) is 0 Å². The lowest BCUT2D eigenvalue weighted by Crippen LogP contribution is -2.15. The monoisotopic (exact) mass is 320 g/mol. The number of nitrogens with zero attached hydrogens (tertiary/aromatic N) is 1. The molecule has 0 fully saturated rings. The van der Waals surface area contributed by atoms with Crippen molar-refractivity contribution in [2.24, 2.45) is 0 Å². The van der Waals surface area contributed by atoms with E-state index in [2.05, 4.69) is 69.4 Å². The molecule has 0 spiro atoms. The third kappa shape index (κ3) is 3.71. The molecular weight excluding hydrogens is 300 g/mol. The van der Waals surface area contributed by atoms with Gasteiger partial charge < -0.3 is 9.88 Å². The summed E-state index contributed by atoms with van der Waals surface area (Å²) in [5.74, 6) is 0. The van der Waals surface area contributed by atoms with E-state index in [-0.39, 0.29) is 0 Å². The van der Waals surface area contributed by atoms with Crippen LogP contribution in [0.2, 0.25) is 0 Å². The van der Waals surface area contributed by atoms with Gasteiger partial charge >= 0.3 is 0 Å². The van der Waals surface area contributed by atoms with Crippen molar-refractivity contribution < 1.29 is 0 Å². The fourth-order valence-corrected chi connectivity index (χ4v) is 2.76. The lowest BCUT2D eigenvalue weighted by molar-refractivity contribution is 0.540. The van der Waals surface area contributed by atoms with Crippen LogP contribution in [0.3, 0.4) is 0 Å². The van der Waals surface area contributed by atoms with E-state index in [1.165, 1.54) is 28.4 Å². The minimum atomic E-state index is 0.463. The summed E-state index contributed by atoms with van der Waals surface area (Å²) in [5.41, 5.74) is 2.68. The Hall–Kier alpha value is -1.06. The third-order valence-electron chi connectivity index (χ3n) is 3.41. The van der Waals surface area contributed by atoms with E-state index < -0.39 is 0 Å². The Morgan fingerprint density at radius 3 is 2.74 bits per heavy atom. The maximum absolute atomic E-state index is 3.60. The molecule has 0 aliphatic carbocycles. The van der Waals surface area contributed by atoms with Crippen LogP contribution in [0, 0.1) is 0 Å². The second kappa shape index (κ2) is 6.92. The average molecular weight is 321 g/mol. The molecule has 1 N–H and O–H groups in total. The summed E-state index contributed by atoms with van der Waals surface area (Å²) < 4.78 is 3.42. The van der Waals surface area contributed by atoms with Crippen LogP contribution in [0.25, 0.3) is 0 Å². The predicted octanol–water partition coefficient (Wildman–Crippen LogP) is 4.36. The van der Waals surface area contributed by atoms with Gasteiger partial charge in [0.1, 0.15) is 0 Å². The van der Waals surface area contributed by atoms with Gasteiger partial charge in [0.15, 0.2) is 0 Å². The summed E-state index contributed by atoms with van der Waals surface area (Å²) in [6.07, 6.45) is 6.78. The molecule has 1 aromatic carbocycles. The summed E-state index contributed by atoms with van der Waals surface area (Å²) in [6, 6.07) is 11.1. The van der Waals surface area contributed by atoms with Gasteiger partial charge in [-0.25, -0.2) is 0 Å². The van der Waals surface area contributed by atoms with Gasteiger partial charge in [0.2, 0.25) is 0 Å². The van der Waals surface area contributed by atoms with Crippen molar-refractivity contribution >= 4 is 15.9 Å². The Balaban J connectivity index is 2.11. The normalized spacial score (nSPS) is 12.6. The Bertz CT molecular complexity index is 519. The zero-order chi connectivity index (χ0) is 13.7. The van der Waals surface area contributed by atoms with Crippen LogP contribution in [-0.4, -0.2) is 11.6 Å². The molecule has 2 nitrogen and oxygen atoms in total. The molecule has 102 valence electrons. The minimum Gasteiger partial charge on any atom is -0.350 e. The third-order valence-corrected chi connectivity index (χ3v) is 4.19. The van der Waals surface area contributed by atoms with Crippen LogP contribution < -0.4 is 5.32 Å². The van der Waals surface area contributed by atoms with Crippen molar-refractivity contribution in [3.63, 3.8) is 0 Å². The maximum Gasteiger partial charge on any atom is 0.0481 e. The van der Waals surface area contributed by atoms with Crippen LogP contribution in [0.4, 0.5) is 0 Å². The number of halogens is 1. The second-order valence-electron chi connectivity index (χ2n) is 4.84. The number of aromatic nitrogens is 1. The van der Waals surface area contributed by atoms with Gasteiger partial charge in [0.25, 0.3) is 0 Å². The molecule has 0 amide bonds. The molecule has 0 aliphatic rings. The fourth-order valence-electron chi connectivity index (χ4n) is 2.35. The van der Waals surface area contributed by atoms with Crippen LogP contribution in [0.5, 0.6) is 0 Å². The SMILES string of the molecule is CCCC(NC)c1ccn(Cc2ccccc2Br)c1. The van der Waals surface area contributed by atoms with Crippen molar-refractivity contribution in [3.8, 4) is 0 Å². The van der Waals surface area contributed by atoms with E-state index >= 15 is 0 Å². The van der Waals surface area contributed by atoms with E-state index in [1.807, 2.05) is 13.1 Å². The molecule has 0 radical (unpaired) electrons. The van der Waals surface area contributed by atoms with Crippen LogP contribution in [0.1, 0.15) is 36.9 Å². The van der Waals surface area contributed by atoms with Crippen molar-refractivity contribution in [1.29, 1.82) is 0 Å². The van der Waals surface area contributed by atoms with Gasteiger partial charge in [-0.1, -0.05) is 47.5 Å². The molecular formula is C16H21BrN2. The molecule has 19 heavy (non-hydrogen) atoms. The zero-order valence-corrected chi connectivity index (χ0v) is 13.2. The molecule has 1 aromatic heterocycles. The number of hydrogen-bond donors (Lipinski definition) is 1. The van der Waals surface area contributed by atoms with E-state index in [4.69, 9.17) is 0 Å². The summed E-state index contributed by atoms with van der Waals surface area (Å²) in [6.45, 7) is 3.13. The van der Waals surface area contributed by atoms with Crippen molar-refractivity contribution in [2.45, 2.75) is 32.4 Å². The molecule has 1 unspecified atom stereocenters. The zero-order valence-electron chi connectivity index (χ0n) is 11.6. The average Bonchev–Trinajstić information content (AvgIpc) is 2.87. The molecule has 0 aliphatic heterocycles. The summed E-state index contributed by atoms with van der Waals surface area (Å²) in [7, 11) is 2.03. The van der Waals surface area contributed by atoms with Crippen LogP contribution in [0.15, 0.2) is 47.2 Å². The lowest BCUT2D eigenvalue weighted by atomic mass is 10.1. The highest BCUT2D eigenvalue weighted by Gasteiger charge is 2.09. The predicted molar refractivity (Wildman–Crippen MR) is 84.4 cm³/mol. The summed E-state index contributed by atoms with van der Waals surface area (Å²) in [4.78, 5) is 0. The highest BCUT2D eigenvalue weighted by molar-refractivity contribution is 9.10. The van der Waals surface area contributed by atoms with E-state index in [1.54, 1.807) is 0 Å².